The van der Waals surface area contributed by atoms with Crippen LogP contribution in [0.2, 0.25) is 0 Å². The maximum absolute atomic E-state index is 12.3. The van der Waals surface area contributed by atoms with Crippen molar-refractivity contribution in [2.24, 2.45) is 0 Å². The van der Waals surface area contributed by atoms with Crippen LogP contribution in [-0.2, 0) is 17.8 Å². The maximum atomic E-state index is 12.3. The summed E-state index contributed by atoms with van der Waals surface area (Å²) in [6, 6.07) is 13.1. The van der Waals surface area contributed by atoms with Crippen molar-refractivity contribution in [3.05, 3.63) is 64.2 Å². The van der Waals surface area contributed by atoms with E-state index in [0.29, 0.717) is 22.8 Å². The number of carbonyl (C=O) groups is 1. The Morgan fingerprint density at radius 2 is 2.00 bits per heavy atom. The molecule has 0 spiro atoms. The van der Waals surface area contributed by atoms with Crippen molar-refractivity contribution in [3.8, 4) is 11.5 Å². The Kier molecular flexibility index (Phi) is 7.08. The average Bonchev–Trinajstić information content (AvgIpc) is 3.11. The number of H-pyrrole nitrogens is 1. The Balaban J connectivity index is 1.70. The first-order chi connectivity index (χ1) is 14.5. The van der Waals surface area contributed by atoms with Gasteiger partial charge in [-0.1, -0.05) is 36.8 Å². The Morgan fingerprint density at radius 1 is 1.23 bits per heavy atom. The van der Waals surface area contributed by atoms with E-state index in [2.05, 4.69) is 20.9 Å². The maximum Gasteiger partial charge on any atom is 0.262 e. The molecule has 158 valence electrons. The van der Waals surface area contributed by atoms with Crippen LogP contribution in [0.4, 0.5) is 5.69 Å². The van der Waals surface area contributed by atoms with Gasteiger partial charge in [-0.3, -0.25) is 9.89 Å². The number of para-hydroxylation sites is 1. The number of carbonyl (C=O) groups excluding carboxylic acids is 1. The van der Waals surface area contributed by atoms with Gasteiger partial charge in [-0.05, 0) is 37.3 Å². The van der Waals surface area contributed by atoms with Crippen molar-refractivity contribution in [3.63, 3.8) is 0 Å². The normalized spacial score (nSPS) is 10.5. The Bertz CT molecular complexity index is 1060. The SMILES string of the molecule is CCc1n[nH]c(=S)n1NCc1cccc(OC)c1OCC(=O)Nc1ccc(C)cc1. The van der Waals surface area contributed by atoms with Crippen LogP contribution >= 0.6 is 12.2 Å². The van der Waals surface area contributed by atoms with Crippen LogP contribution in [0.3, 0.4) is 0 Å². The standard InChI is InChI=1S/C21H25N5O3S/c1-4-18-24-25-21(30)26(18)22-12-15-6-5-7-17(28-3)20(15)29-13-19(27)23-16-10-8-14(2)9-11-16/h5-11,22H,4,12-13H2,1-3H3,(H,23,27)(H,25,30). The average molecular weight is 428 g/mol. The summed E-state index contributed by atoms with van der Waals surface area (Å²) in [5, 5.41) is 9.78. The van der Waals surface area contributed by atoms with E-state index in [1.54, 1.807) is 17.9 Å². The molecule has 3 aromatic rings. The highest BCUT2D eigenvalue weighted by atomic mass is 32.1. The smallest absolute Gasteiger partial charge is 0.262 e. The zero-order valence-electron chi connectivity index (χ0n) is 17.2. The molecule has 3 rings (SSSR count). The van der Waals surface area contributed by atoms with Crippen molar-refractivity contribution in [1.29, 1.82) is 0 Å². The van der Waals surface area contributed by atoms with Crippen LogP contribution in [0.1, 0.15) is 23.9 Å². The molecule has 1 heterocycles. The van der Waals surface area contributed by atoms with Gasteiger partial charge in [-0.25, -0.2) is 4.68 Å². The number of benzene rings is 2. The van der Waals surface area contributed by atoms with Gasteiger partial charge in [0.1, 0.15) is 0 Å². The molecule has 0 fully saturated rings. The summed E-state index contributed by atoms with van der Waals surface area (Å²) in [5.74, 6) is 1.58. The van der Waals surface area contributed by atoms with Gasteiger partial charge >= 0.3 is 0 Å². The summed E-state index contributed by atoms with van der Waals surface area (Å²) in [4.78, 5) is 12.3. The van der Waals surface area contributed by atoms with Crippen molar-refractivity contribution in [1.82, 2.24) is 14.9 Å². The topological polar surface area (TPSA) is 93.2 Å². The molecule has 0 bridgehead atoms. The number of hydrogen-bond donors (Lipinski definition) is 3. The fourth-order valence-corrected chi connectivity index (χ4v) is 3.11. The van der Waals surface area contributed by atoms with Gasteiger partial charge in [0.2, 0.25) is 4.77 Å². The van der Waals surface area contributed by atoms with Crippen molar-refractivity contribution < 1.29 is 14.3 Å². The fourth-order valence-electron chi connectivity index (χ4n) is 2.89. The number of rotatable bonds is 9. The lowest BCUT2D eigenvalue weighted by Gasteiger charge is -2.16. The van der Waals surface area contributed by atoms with Gasteiger partial charge in [-0.15, -0.1) is 0 Å². The number of amides is 1. The first-order valence-corrected chi connectivity index (χ1v) is 9.98. The Morgan fingerprint density at radius 3 is 2.70 bits per heavy atom. The van der Waals surface area contributed by atoms with Crippen molar-refractivity contribution >= 4 is 23.8 Å². The number of methoxy groups -OCH3 is 1. The molecule has 0 aliphatic rings. The van der Waals surface area contributed by atoms with E-state index in [4.69, 9.17) is 21.7 Å². The third kappa shape index (κ3) is 5.18. The first kappa shape index (κ1) is 21.4. The summed E-state index contributed by atoms with van der Waals surface area (Å²) in [6.07, 6.45) is 0.723. The highest BCUT2D eigenvalue weighted by molar-refractivity contribution is 7.71. The van der Waals surface area contributed by atoms with Gasteiger partial charge in [0.15, 0.2) is 23.9 Å². The van der Waals surface area contributed by atoms with Crippen LogP contribution in [0.5, 0.6) is 11.5 Å². The lowest BCUT2D eigenvalue weighted by Crippen LogP contribution is -2.22. The van der Waals surface area contributed by atoms with Crippen LogP contribution in [0, 0.1) is 11.7 Å². The fraction of sp³-hybridized carbons (Fsp3) is 0.286. The van der Waals surface area contributed by atoms with E-state index in [1.165, 1.54) is 0 Å². The molecule has 8 nitrogen and oxygen atoms in total. The summed E-state index contributed by atoms with van der Waals surface area (Å²) in [5.41, 5.74) is 5.90. The predicted octanol–water partition coefficient (Wildman–Crippen LogP) is 3.58. The number of anilines is 1. The van der Waals surface area contributed by atoms with E-state index in [9.17, 15) is 4.79 Å². The largest absolute Gasteiger partial charge is 0.493 e. The number of aromatic amines is 1. The first-order valence-electron chi connectivity index (χ1n) is 9.57. The summed E-state index contributed by atoms with van der Waals surface area (Å²) in [7, 11) is 1.56. The molecule has 0 radical (unpaired) electrons. The zero-order valence-corrected chi connectivity index (χ0v) is 18.0. The molecule has 0 aliphatic carbocycles. The quantitative estimate of drug-likeness (QED) is 0.452. The zero-order chi connectivity index (χ0) is 21.5. The van der Waals surface area contributed by atoms with Crippen LogP contribution in [-0.4, -0.2) is 34.5 Å². The molecule has 3 N–H and O–H groups in total. The molecule has 30 heavy (non-hydrogen) atoms. The summed E-state index contributed by atoms with van der Waals surface area (Å²) < 4.78 is 13.5. The number of ether oxygens (including phenoxy) is 2. The second kappa shape index (κ2) is 9.93. The molecule has 0 saturated carbocycles. The van der Waals surface area contributed by atoms with Gasteiger partial charge in [0.05, 0.1) is 13.7 Å². The van der Waals surface area contributed by atoms with Crippen LogP contribution in [0.15, 0.2) is 42.5 Å². The molecular formula is C21H25N5O3S. The van der Waals surface area contributed by atoms with E-state index in [0.717, 1.165) is 29.1 Å². The van der Waals surface area contributed by atoms with Gasteiger partial charge in [0.25, 0.3) is 5.91 Å². The van der Waals surface area contributed by atoms with Gasteiger partial charge < -0.3 is 20.2 Å². The Labute approximate surface area is 180 Å². The van der Waals surface area contributed by atoms with Gasteiger partial charge in [0, 0.05) is 17.7 Å². The number of aromatic nitrogens is 3. The highest BCUT2D eigenvalue weighted by Gasteiger charge is 2.14. The van der Waals surface area contributed by atoms with E-state index in [-0.39, 0.29) is 12.5 Å². The number of aryl methyl sites for hydroxylation is 2. The minimum absolute atomic E-state index is 0.146. The van der Waals surface area contributed by atoms with E-state index >= 15 is 0 Å². The summed E-state index contributed by atoms with van der Waals surface area (Å²) in [6.45, 7) is 4.25. The summed E-state index contributed by atoms with van der Waals surface area (Å²) >= 11 is 5.27. The molecule has 1 aromatic heterocycles. The van der Waals surface area contributed by atoms with Crippen LogP contribution < -0.4 is 20.2 Å². The minimum Gasteiger partial charge on any atom is -0.493 e. The molecule has 0 unspecified atom stereocenters. The molecule has 0 saturated heterocycles. The highest BCUT2D eigenvalue weighted by Crippen LogP contribution is 2.31. The third-order valence-corrected chi connectivity index (χ3v) is 4.72. The van der Waals surface area contributed by atoms with Crippen molar-refractivity contribution in [2.75, 3.05) is 24.5 Å². The number of hydrogen-bond acceptors (Lipinski definition) is 6. The lowest BCUT2D eigenvalue weighted by molar-refractivity contribution is -0.118. The Hall–Kier alpha value is -3.33. The molecular weight excluding hydrogens is 402 g/mol. The molecule has 1 amide bonds. The van der Waals surface area contributed by atoms with Crippen LogP contribution in [0.25, 0.3) is 0 Å². The lowest BCUT2D eigenvalue weighted by atomic mass is 10.2. The van der Waals surface area contributed by atoms with E-state index < -0.39 is 0 Å². The molecule has 2 aromatic carbocycles. The number of nitrogens with one attached hydrogen (secondary N) is 3. The second-order valence-electron chi connectivity index (χ2n) is 6.62. The van der Waals surface area contributed by atoms with Crippen molar-refractivity contribution in [2.45, 2.75) is 26.8 Å². The monoisotopic (exact) mass is 427 g/mol. The van der Waals surface area contributed by atoms with Gasteiger partial charge in [-0.2, -0.15) is 5.10 Å². The second-order valence-corrected chi connectivity index (χ2v) is 7.01. The molecule has 9 heteroatoms. The molecule has 0 aliphatic heterocycles. The molecule has 0 atom stereocenters. The minimum atomic E-state index is -0.256. The number of nitrogens with zero attached hydrogens (tertiary/aromatic N) is 2. The third-order valence-electron chi connectivity index (χ3n) is 4.45. The van der Waals surface area contributed by atoms with E-state index in [1.807, 2.05) is 50.2 Å². The predicted molar refractivity (Wildman–Crippen MR) is 118 cm³/mol.